The number of fused-ring (bicyclic) bond motifs is 1. The first-order valence-electron chi connectivity index (χ1n) is 12.2. The molecule has 0 aliphatic heterocycles. The van der Waals surface area contributed by atoms with E-state index in [0.29, 0.717) is 12.8 Å². The summed E-state index contributed by atoms with van der Waals surface area (Å²) in [7, 11) is 5.22. The molecular weight excluding hydrogens is 464 g/mol. The zero-order valence-electron chi connectivity index (χ0n) is 21.2. The lowest BCUT2D eigenvalue weighted by atomic mass is 10.0. The number of ether oxygens (including phenoxy) is 2. The molecule has 0 unspecified atom stereocenters. The second-order valence-corrected chi connectivity index (χ2v) is 8.92. The van der Waals surface area contributed by atoms with Crippen LogP contribution in [0.3, 0.4) is 0 Å². The minimum absolute atomic E-state index is 0.0465. The zero-order valence-corrected chi connectivity index (χ0v) is 21.2. The number of imidazole rings is 1. The van der Waals surface area contributed by atoms with E-state index in [2.05, 4.69) is 27.4 Å². The van der Waals surface area contributed by atoms with Crippen molar-refractivity contribution in [1.29, 1.82) is 0 Å². The molecule has 37 heavy (non-hydrogen) atoms. The minimum Gasteiger partial charge on any atom is -0.497 e. The standard InChI is InChI=1S/C30H30N4O3/c1-34-19-18-31-30(34)29(21-10-14-23(37-3)15-11-21)33-27(35)17-16-25-24-6-4-5-7-26(24)32-28(25)20-8-12-22(36-2)13-9-20/h4-15,18-19,29,32H,16-17H2,1-3H3,(H,33,35)/t29-/m0/s1. The summed E-state index contributed by atoms with van der Waals surface area (Å²) >= 11 is 0. The highest BCUT2D eigenvalue weighted by Crippen LogP contribution is 2.32. The first-order chi connectivity index (χ1) is 18.1. The van der Waals surface area contributed by atoms with E-state index in [1.165, 1.54) is 0 Å². The number of rotatable bonds is 9. The van der Waals surface area contributed by atoms with Gasteiger partial charge < -0.3 is 24.3 Å². The van der Waals surface area contributed by atoms with Crippen molar-refractivity contribution >= 4 is 16.8 Å². The lowest BCUT2D eigenvalue weighted by Gasteiger charge is -2.19. The normalized spacial score (nSPS) is 11.9. The van der Waals surface area contributed by atoms with Crippen LogP contribution >= 0.6 is 0 Å². The van der Waals surface area contributed by atoms with E-state index < -0.39 is 0 Å². The maximum Gasteiger partial charge on any atom is 0.221 e. The number of aromatic nitrogens is 3. The van der Waals surface area contributed by atoms with Gasteiger partial charge >= 0.3 is 0 Å². The first-order valence-corrected chi connectivity index (χ1v) is 12.2. The number of benzene rings is 3. The maximum absolute atomic E-state index is 13.3. The molecule has 0 bridgehead atoms. The number of carbonyl (C=O) groups is 1. The van der Waals surface area contributed by atoms with Crippen LogP contribution < -0.4 is 14.8 Å². The van der Waals surface area contributed by atoms with Crippen molar-refractivity contribution in [3.8, 4) is 22.8 Å². The van der Waals surface area contributed by atoms with Crippen molar-refractivity contribution in [3.63, 3.8) is 0 Å². The first kappa shape index (κ1) is 24.2. The monoisotopic (exact) mass is 494 g/mol. The van der Waals surface area contributed by atoms with Gasteiger partial charge in [-0.25, -0.2) is 4.98 Å². The second kappa shape index (κ2) is 10.6. The number of nitrogens with one attached hydrogen (secondary N) is 2. The van der Waals surface area contributed by atoms with Gasteiger partial charge in [0.1, 0.15) is 23.4 Å². The van der Waals surface area contributed by atoms with E-state index >= 15 is 0 Å². The summed E-state index contributed by atoms with van der Waals surface area (Å²) in [5.74, 6) is 2.29. The zero-order chi connectivity index (χ0) is 25.8. The van der Waals surface area contributed by atoms with E-state index in [9.17, 15) is 4.79 Å². The molecule has 5 rings (SSSR count). The minimum atomic E-state index is -0.373. The summed E-state index contributed by atoms with van der Waals surface area (Å²) in [5, 5.41) is 4.33. The van der Waals surface area contributed by atoms with E-state index in [-0.39, 0.29) is 11.9 Å². The summed E-state index contributed by atoms with van der Waals surface area (Å²) in [5.41, 5.74) is 5.18. The second-order valence-electron chi connectivity index (χ2n) is 8.92. The van der Waals surface area contributed by atoms with Crippen molar-refractivity contribution in [1.82, 2.24) is 19.9 Å². The Morgan fingerprint density at radius 3 is 2.30 bits per heavy atom. The molecule has 7 nitrogen and oxygen atoms in total. The molecule has 0 radical (unpaired) electrons. The summed E-state index contributed by atoms with van der Waals surface area (Å²) in [4.78, 5) is 21.4. The molecule has 0 spiro atoms. The molecule has 5 aromatic rings. The summed E-state index contributed by atoms with van der Waals surface area (Å²) in [6.45, 7) is 0. The number of methoxy groups -OCH3 is 2. The van der Waals surface area contributed by atoms with Crippen LogP contribution in [0.2, 0.25) is 0 Å². The van der Waals surface area contributed by atoms with Crippen LogP contribution in [-0.4, -0.2) is 34.7 Å². The number of hydrogen-bond donors (Lipinski definition) is 2. The van der Waals surface area contributed by atoms with Crippen molar-refractivity contribution in [2.45, 2.75) is 18.9 Å². The summed E-state index contributed by atoms with van der Waals surface area (Å²) in [6.07, 6.45) is 4.55. The van der Waals surface area contributed by atoms with Gasteiger partial charge in [-0.3, -0.25) is 4.79 Å². The summed E-state index contributed by atoms with van der Waals surface area (Å²) in [6, 6.07) is 23.5. The Balaban J connectivity index is 1.40. The highest BCUT2D eigenvalue weighted by Gasteiger charge is 2.22. The largest absolute Gasteiger partial charge is 0.497 e. The Morgan fingerprint density at radius 1 is 0.973 bits per heavy atom. The van der Waals surface area contributed by atoms with Crippen molar-refractivity contribution in [3.05, 3.63) is 102 Å². The third-order valence-corrected chi connectivity index (χ3v) is 6.67. The third kappa shape index (κ3) is 5.07. The number of H-pyrrole nitrogens is 1. The summed E-state index contributed by atoms with van der Waals surface area (Å²) < 4.78 is 12.6. The topological polar surface area (TPSA) is 81.2 Å². The molecule has 2 aromatic heterocycles. The molecule has 1 amide bonds. The van der Waals surface area contributed by atoms with Crippen LogP contribution in [0.1, 0.15) is 29.4 Å². The smallest absolute Gasteiger partial charge is 0.221 e. The molecule has 1 atom stereocenters. The Hall–Kier alpha value is -4.52. The fourth-order valence-corrected chi connectivity index (χ4v) is 4.68. The Morgan fingerprint density at radius 2 is 1.65 bits per heavy atom. The number of nitrogens with zero attached hydrogens (tertiary/aromatic N) is 2. The highest BCUT2D eigenvalue weighted by molar-refractivity contribution is 5.91. The van der Waals surface area contributed by atoms with Gasteiger partial charge in [-0.1, -0.05) is 30.3 Å². The molecule has 0 saturated heterocycles. The van der Waals surface area contributed by atoms with Crippen LogP contribution in [0.5, 0.6) is 11.5 Å². The average molecular weight is 495 g/mol. The molecule has 7 heteroatoms. The average Bonchev–Trinajstić information content (AvgIpc) is 3.54. The maximum atomic E-state index is 13.3. The van der Waals surface area contributed by atoms with Gasteiger partial charge in [0.2, 0.25) is 5.91 Å². The Labute approximate surface area is 216 Å². The number of amides is 1. The van der Waals surface area contributed by atoms with E-state index in [0.717, 1.165) is 50.6 Å². The third-order valence-electron chi connectivity index (χ3n) is 6.67. The SMILES string of the molecule is COc1ccc(-c2[nH]c3ccccc3c2CCC(=O)N[C@@H](c2ccc(OC)cc2)c2nccn2C)cc1. The Bertz CT molecular complexity index is 1500. The number of aromatic amines is 1. The van der Waals surface area contributed by atoms with Gasteiger partial charge in [0.15, 0.2) is 0 Å². The number of hydrogen-bond acceptors (Lipinski definition) is 4. The van der Waals surface area contributed by atoms with Gasteiger partial charge in [0.25, 0.3) is 0 Å². The van der Waals surface area contributed by atoms with Gasteiger partial charge in [0, 0.05) is 42.5 Å². The molecule has 3 aromatic carbocycles. The quantitative estimate of drug-likeness (QED) is 0.287. The van der Waals surface area contributed by atoms with E-state index in [1.807, 2.05) is 78.5 Å². The van der Waals surface area contributed by atoms with Gasteiger partial charge in [-0.15, -0.1) is 0 Å². The molecule has 188 valence electrons. The van der Waals surface area contributed by atoms with Gasteiger partial charge in [-0.05, 0) is 65.6 Å². The van der Waals surface area contributed by atoms with Crippen LogP contribution in [0, 0.1) is 0 Å². The number of para-hydroxylation sites is 1. The Kier molecular flexibility index (Phi) is 6.94. The predicted molar refractivity (Wildman–Crippen MR) is 145 cm³/mol. The van der Waals surface area contributed by atoms with Crippen LogP contribution in [0.15, 0.2) is 85.2 Å². The number of carbonyl (C=O) groups excluding carboxylic acids is 1. The predicted octanol–water partition coefficient (Wildman–Crippen LogP) is 5.42. The van der Waals surface area contributed by atoms with Crippen LogP contribution in [0.25, 0.3) is 22.2 Å². The molecule has 0 fully saturated rings. The van der Waals surface area contributed by atoms with Crippen LogP contribution in [-0.2, 0) is 18.3 Å². The molecule has 2 N–H and O–H groups in total. The number of aryl methyl sites for hydroxylation is 2. The molecule has 0 aliphatic rings. The molecule has 2 heterocycles. The highest BCUT2D eigenvalue weighted by atomic mass is 16.5. The fourth-order valence-electron chi connectivity index (χ4n) is 4.68. The van der Waals surface area contributed by atoms with E-state index in [1.54, 1.807) is 20.4 Å². The van der Waals surface area contributed by atoms with Crippen molar-refractivity contribution in [2.24, 2.45) is 7.05 Å². The fraction of sp³-hybridized carbons (Fsp3) is 0.200. The van der Waals surface area contributed by atoms with Crippen molar-refractivity contribution < 1.29 is 14.3 Å². The molecular formula is C30H30N4O3. The lowest BCUT2D eigenvalue weighted by molar-refractivity contribution is -0.121. The van der Waals surface area contributed by atoms with Crippen molar-refractivity contribution in [2.75, 3.05) is 14.2 Å². The van der Waals surface area contributed by atoms with E-state index in [4.69, 9.17) is 9.47 Å². The van der Waals surface area contributed by atoms with Gasteiger partial charge in [-0.2, -0.15) is 0 Å². The lowest BCUT2D eigenvalue weighted by Crippen LogP contribution is -2.31. The van der Waals surface area contributed by atoms with Gasteiger partial charge in [0.05, 0.1) is 14.2 Å². The molecule has 0 aliphatic carbocycles. The molecule has 0 saturated carbocycles. The van der Waals surface area contributed by atoms with Crippen LogP contribution in [0.4, 0.5) is 0 Å².